The predicted octanol–water partition coefficient (Wildman–Crippen LogP) is 3.80. The minimum Gasteiger partial charge on any atom is -0.347 e. The maximum absolute atomic E-state index is 12.8. The first-order valence-electron chi connectivity index (χ1n) is 9.77. The lowest BCUT2D eigenvalue weighted by molar-refractivity contribution is 0.0796. The molecule has 9 heteroatoms. The SMILES string of the molecule is Cc1ccc(NS(=O)(=O)c2cc(-c3nc(C)c(C(=O)N4CCCC4)s3)n(C)c2)cc1. The first-order chi connectivity index (χ1) is 14.2. The van der Waals surface area contributed by atoms with Gasteiger partial charge in [-0.1, -0.05) is 17.7 Å². The summed E-state index contributed by atoms with van der Waals surface area (Å²) in [5.74, 6) is 0.0110. The lowest BCUT2D eigenvalue weighted by Gasteiger charge is -2.13. The summed E-state index contributed by atoms with van der Waals surface area (Å²) in [5, 5.41) is 0.634. The molecule has 4 rings (SSSR count). The van der Waals surface area contributed by atoms with E-state index < -0.39 is 10.0 Å². The van der Waals surface area contributed by atoms with E-state index in [4.69, 9.17) is 0 Å². The van der Waals surface area contributed by atoms with Gasteiger partial charge in [-0.15, -0.1) is 11.3 Å². The van der Waals surface area contributed by atoms with Crippen LogP contribution in [-0.4, -0.2) is 41.9 Å². The molecule has 7 nitrogen and oxygen atoms in total. The van der Waals surface area contributed by atoms with Crippen LogP contribution in [0.4, 0.5) is 5.69 Å². The lowest BCUT2D eigenvalue weighted by Crippen LogP contribution is -2.27. The number of aromatic nitrogens is 2. The van der Waals surface area contributed by atoms with Crippen molar-refractivity contribution >= 4 is 33.0 Å². The van der Waals surface area contributed by atoms with Gasteiger partial charge in [0, 0.05) is 32.0 Å². The Labute approximate surface area is 180 Å². The van der Waals surface area contributed by atoms with Crippen LogP contribution in [0.2, 0.25) is 0 Å². The summed E-state index contributed by atoms with van der Waals surface area (Å²) in [7, 11) is -1.96. The Bertz CT molecular complexity index is 1190. The van der Waals surface area contributed by atoms with Gasteiger partial charge in [-0.05, 0) is 44.9 Å². The molecule has 0 aliphatic carbocycles. The molecule has 1 aromatic carbocycles. The molecule has 2 aromatic heterocycles. The van der Waals surface area contributed by atoms with E-state index in [2.05, 4.69) is 9.71 Å². The number of sulfonamides is 1. The number of hydrogen-bond acceptors (Lipinski definition) is 5. The lowest BCUT2D eigenvalue weighted by atomic mass is 10.2. The van der Waals surface area contributed by atoms with Crippen molar-refractivity contribution in [2.75, 3.05) is 17.8 Å². The fourth-order valence-corrected chi connectivity index (χ4v) is 5.72. The molecule has 1 aliphatic rings. The van der Waals surface area contributed by atoms with Crippen molar-refractivity contribution in [3.63, 3.8) is 0 Å². The van der Waals surface area contributed by atoms with Crippen LogP contribution in [0.15, 0.2) is 41.4 Å². The van der Waals surface area contributed by atoms with E-state index in [9.17, 15) is 13.2 Å². The van der Waals surface area contributed by atoms with Gasteiger partial charge in [0.05, 0.1) is 11.4 Å². The van der Waals surface area contributed by atoms with E-state index in [-0.39, 0.29) is 10.8 Å². The van der Waals surface area contributed by atoms with Crippen LogP contribution in [0.1, 0.15) is 33.8 Å². The van der Waals surface area contributed by atoms with E-state index in [0.717, 1.165) is 31.5 Å². The monoisotopic (exact) mass is 444 g/mol. The zero-order chi connectivity index (χ0) is 21.5. The Morgan fingerprint density at radius 3 is 2.47 bits per heavy atom. The number of carbonyl (C=O) groups excluding carboxylic acids is 1. The smallest absolute Gasteiger partial charge is 0.265 e. The molecule has 30 heavy (non-hydrogen) atoms. The van der Waals surface area contributed by atoms with Crippen LogP contribution in [-0.2, 0) is 17.1 Å². The van der Waals surface area contributed by atoms with Gasteiger partial charge < -0.3 is 9.47 Å². The van der Waals surface area contributed by atoms with Crippen molar-refractivity contribution in [1.82, 2.24) is 14.5 Å². The Balaban J connectivity index is 1.62. The minimum absolute atomic E-state index is 0.0110. The van der Waals surface area contributed by atoms with Gasteiger partial charge in [0.2, 0.25) is 0 Å². The van der Waals surface area contributed by atoms with Crippen LogP contribution in [0.3, 0.4) is 0 Å². The van der Waals surface area contributed by atoms with Gasteiger partial charge in [0.15, 0.2) is 0 Å². The maximum atomic E-state index is 12.8. The molecular formula is C21H24N4O3S2. The molecule has 1 fully saturated rings. The van der Waals surface area contributed by atoms with Crippen molar-refractivity contribution in [2.24, 2.45) is 7.05 Å². The van der Waals surface area contributed by atoms with Crippen molar-refractivity contribution in [3.8, 4) is 10.7 Å². The minimum atomic E-state index is -3.74. The van der Waals surface area contributed by atoms with Crippen molar-refractivity contribution in [2.45, 2.75) is 31.6 Å². The molecule has 158 valence electrons. The van der Waals surface area contributed by atoms with Gasteiger partial charge in [-0.25, -0.2) is 13.4 Å². The number of aryl methyl sites for hydroxylation is 3. The number of nitrogens with one attached hydrogen (secondary N) is 1. The highest BCUT2D eigenvalue weighted by atomic mass is 32.2. The zero-order valence-electron chi connectivity index (χ0n) is 17.2. The van der Waals surface area contributed by atoms with Gasteiger partial charge >= 0.3 is 0 Å². The Kier molecular flexibility index (Phi) is 5.42. The summed E-state index contributed by atoms with van der Waals surface area (Å²) in [5.41, 5.74) is 2.90. The third kappa shape index (κ3) is 3.99. The number of anilines is 1. The molecule has 0 atom stereocenters. The quantitative estimate of drug-likeness (QED) is 0.649. The first kappa shape index (κ1) is 20.6. The number of benzene rings is 1. The number of nitrogens with zero attached hydrogens (tertiary/aromatic N) is 3. The predicted molar refractivity (Wildman–Crippen MR) is 118 cm³/mol. The molecule has 0 bridgehead atoms. The normalized spacial score (nSPS) is 14.3. The largest absolute Gasteiger partial charge is 0.347 e. The van der Waals surface area contributed by atoms with Crippen LogP contribution in [0.5, 0.6) is 0 Å². The summed E-state index contributed by atoms with van der Waals surface area (Å²) in [6.07, 6.45) is 3.62. The Hall–Kier alpha value is -2.65. The molecule has 0 unspecified atom stereocenters. The fourth-order valence-electron chi connectivity index (χ4n) is 3.50. The van der Waals surface area contributed by atoms with E-state index in [1.165, 1.54) is 11.3 Å². The van der Waals surface area contributed by atoms with Crippen LogP contribution < -0.4 is 4.72 Å². The van der Waals surface area contributed by atoms with Crippen LogP contribution in [0, 0.1) is 13.8 Å². The first-order valence-corrected chi connectivity index (χ1v) is 12.1. The number of hydrogen-bond donors (Lipinski definition) is 1. The highest BCUT2D eigenvalue weighted by molar-refractivity contribution is 7.92. The molecular weight excluding hydrogens is 420 g/mol. The van der Waals surface area contributed by atoms with E-state index in [1.54, 1.807) is 36.0 Å². The van der Waals surface area contributed by atoms with Gasteiger partial charge in [-0.2, -0.15) is 0 Å². The fraction of sp³-hybridized carbons (Fsp3) is 0.333. The van der Waals surface area contributed by atoms with Crippen molar-refractivity contribution in [3.05, 3.63) is 52.7 Å². The number of rotatable bonds is 5. The number of thiazole rings is 1. The van der Waals surface area contributed by atoms with Crippen molar-refractivity contribution < 1.29 is 13.2 Å². The van der Waals surface area contributed by atoms with E-state index in [0.29, 0.717) is 27.0 Å². The summed E-state index contributed by atoms with van der Waals surface area (Å²) in [6, 6.07) is 8.77. The second-order valence-corrected chi connectivity index (χ2v) is 10.3. The average molecular weight is 445 g/mol. The number of carbonyl (C=O) groups is 1. The van der Waals surface area contributed by atoms with Gasteiger partial charge in [0.1, 0.15) is 14.8 Å². The molecule has 0 spiro atoms. The highest BCUT2D eigenvalue weighted by Gasteiger charge is 2.26. The average Bonchev–Trinajstić information content (AvgIpc) is 3.43. The number of likely N-dealkylation sites (tertiary alicyclic amines) is 1. The van der Waals surface area contributed by atoms with Crippen LogP contribution >= 0.6 is 11.3 Å². The van der Waals surface area contributed by atoms with Crippen LogP contribution in [0.25, 0.3) is 10.7 Å². The number of amides is 1. The Morgan fingerprint density at radius 1 is 1.13 bits per heavy atom. The highest BCUT2D eigenvalue weighted by Crippen LogP contribution is 2.32. The van der Waals surface area contributed by atoms with Gasteiger partial charge in [-0.3, -0.25) is 9.52 Å². The Morgan fingerprint density at radius 2 is 1.80 bits per heavy atom. The third-order valence-corrected chi connectivity index (χ3v) is 7.71. The summed E-state index contributed by atoms with van der Waals surface area (Å²) < 4.78 is 30.0. The molecule has 1 aliphatic heterocycles. The van der Waals surface area contributed by atoms with E-state index >= 15 is 0 Å². The van der Waals surface area contributed by atoms with Crippen molar-refractivity contribution in [1.29, 1.82) is 0 Å². The molecule has 0 radical (unpaired) electrons. The summed E-state index contributed by atoms with van der Waals surface area (Å²) in [6.45, 7) is 5.33. The summed E-state index contributed by atoms with van der Waals surface area (Å²) >= 11 is 1.31. The van der Waals surface area contributed by atoms with Gasteiger partial charge in [0.25, 0.3) is 15.9 Å². The third-order valence-electron chi connectivity index (χ3n) is 5.20. The second kappa shape index (κ2) is 7.88. The molecule has 0 saturated carbocycles. The molecule has 1 N–H and O–H groups in total. The summed E-state index contributed by atoms with van der Waals surface area (Å²) in [4.78, 5) is 20.0. The molecule has 3 heterocycles. The molecule has 3 aromatic rings. The topological polar surface area (TPSA) is 84.3 Å². The standard InChI is InChI=1S/C21H24N4O3S2/c1-14-6-8-16(9-7-14)23-30(27,28)17-12-18(24(3)13-17)20-22-15(2)19(29-20)21(26)25-10-4-5-11-25/h6-9,12-13,23H,4-5,10-11H2,1-3H3. The molecule has 1 amide bonds. The second-order valence-electron chi connectivity index (χ2n) is 7.58. The zero-order valence-corrected chi connectivity index (χ0v) is 18.8. The maximum Gasteiger partial charge on any atom is 0.265 e. The molecule has 1 saturated heterocycles. The van der Waals surface area contributed by atoms with E-state index in [1.807, 2.05) is 30.9 Å².